The fourth-order valence-electron chi connectivity index (χ4n) is 2.91. The Kier molecular flexibility index (Phi) is 4.15. The van der Waals surface area contributed by atoms with Crippen molar-refractivity contribution < 1.29 is 4.79 Å². The summed E-state index contributed by atoms with van der Waals surface area (Å²) in [6.45, 7) is 1.58. The van der Waals surface area contributed by atoms with Crippen LogP contribution in [0.2, 0.25) is 0 Å². The van der Waals surface area contributed by atoms with Gasteiger partial charge in [-0.3, -0.25) is 14.7 Å². The van der Waals surface area contributed by atoms with Gasteiger partial charge in [0.25, 0.3) is 0 Å². The van der Waals surface area contributed by atoms with Crippen LogP contribution in [-0.4, -0.2) is 22.1 Å². The monoisotopic (exact) mass is 365 g/mol. The maximum Gasteiger partial charge on any atom is 0.228 e. The molecule has 2 aromatic carbocycles. The van der Waals surface area contributed by atoms with Crippen molar-refractivity contribution >= 4 is 61.5 Å². The summed E-state index contributed by atoms with van der Waals surface area (Å²) >= 11 is 3.26. The van der Waals surface area contributed by atoms with Gasteiger partial charge >= 0.3 is 0 Å². The maximum absolute atomic E-state index is 12.5. The van der Waals surface area contributed by atoms with Crippen LogP contribution in [0.25, 0.3) is 21.1 Å². The fourth-order valence-corrected chi connectivity index (χ4v) is 4.01. The normalized spacial score (nSPS) is 11.1. The SMILES string of the molecule is CSc1ccc2nccc(N(C(C)=O)c3ccc4scnc4c3)c2c1. The molecule has 0 aliphatic rings. The Morgan fingerprint density at radius 3 is 2.76 bits per heavy atom. The number of thioether (sulfide) groups is 1. The number of fused-ring (bicyclic) bond motifs is 2. The van der Waals surface area contributed by atoms with Crippen LogP contribution in [0.3, 0.4) is 0 Å². The average molecular weight is 365 g/mol. The van der Waals surface area contributed by atoms with Gasteiger partial charge in [-0.25, -0.2) is 4.98 Å². The quantitative estimate of drug-likeness (QED) is 0.465. The van der Waals surface area contributed by atoms with Gasteiger partial charge in [-0.1, -0.05) is 0 Å². The third-order valence-corrected chi connectivity index (χ3v) is 5.59. The number of aromatic nitrogens is 2. The maximum atomic E-state index is 12.5. The summed E-state index contributed by atoms with van der Waals surface area (Å²) in [4.78, 5) is 24.2. The molecule has 0 aliphatic carbocycles. The van der Waals surface area contributed by atoms with Crippen molar-refractivity contribution in [2.45, 2.75) is 11.8 Å². The molecule has 0 aliphatic heterocycles. The second-order valence-corrected chi connectivity index (χ2v) is 7.34. The summed E-state index contributed by atoms with van der Waals surface area (Å²) in [6.07, 6.45) is 3.78. The lowest BCUT2D eigenvalue weighted by atomic mass is 10.1. The number of nitrogens with zero attached hydrogens (tertiary/aromatic N) is 3. The van der Waals surface area contributed by atoms with E-state index in [1.54, 1.807) is 41.1 Å². The van der Waals surface area contributed by atoms with E-state index in [1.165, 1.54) is 0 Å². The van der Waals surface area contributed by atoms with Crippen LogP contribution in [0.1, 0.15) is 6.92 Å². The van der Waals surface area contributed by atoms with Crippen molar-refractivity contribution in [1.29, 1.82) is 0 Å². The first kappa shape index (κ1) is 16.1. The number of hydrogen-bond donors (Lipinski definition) is 0. The second-order valence-electron chi connectivity index (χ2n) is 5.57. The lowest BCUT2D eigenvalue weighted by Gasteiger charge is -2.23. The molecule has 4 rings (SSSR count). The van der Waals surface area contributed by atoms with Crippen LogP contribution in [0.15, 0.2) is 59.1 Å². The van der Waals surface area contributed by atoms with Crippen molar-refractivity contribution in [2.24, 2.45) is 0 Å². The van der Waals surface area contributed by atoms with Crippen LogP contribution >= 0.6 is 23.1 Å². The Balaban J connectivity index is 1.94. The highest BCUT2D eigenvalue weighted by Crippen LogP contribution is 2.35. The van der Waals surface area contributed by atoms with E-state index >= 15 is 0 Å². The molecular weight excluding hydrogens is 350 g/mol. The van der Waals surface area contributed by atoms with E-state index in [0.717, 1.165) is 37.4 Å². The van der Waals surface area contributed by atoms with Gasteiger partial charge in [0.2, 0.25) is 5.91 Å². The summed E-state index contributed by atoms with van der Waals surface area (Å²) < 4.78 is 1.11. The smallest absolute Gasteiger partial charge is 0.228 e. The zero-order valence-corrected chi connectivity index (χ0v) is 15.4. The number of carbonyl (C=O) groups is 1. The van der Waals surface area contributed by atoms with Crippen molar-refractivity contribution in [3.63, 3.8) is 0 Å². The van der Waals surface area contributed by atoms with Gasteiger partial charge in [0.15, 0.2) is 0 Å². The minimum atomic E-state index is -0.0448. The number of carbonyl (C=O) groups excluding carboxylic acids is 1. The van der Waals surface area contributed by atoms with E-state index in [4.69, 9.17) is 0 Å². The third kappa shape index (κ3) is 2.88. The first-order valence-electron chi connectivity index (χ1n) is 7.74. The number of thiazole rings is 1. The molecule has 0 spiro atoms. The summed E-state index contributed by atoms with van der Waals surface area (Å²) in [6, 6.07) is 13.9. The summed E-state index contributed by atoms with van der Waals surface area (Å²) in [7, 11) is 0. The molecule has 2 aromatic heterocycles. The lowest BCUT2D eigenvalue weighted by molar-refractivity contribution is -0.115. The van der Waals surface area contributed by atoms with E-state index in [-0.39, 0.29) is 5.91 Å². The number of pyridine rings is 1. The molecule has 0 unspecified atom stereocenters. The van der Waals surface area contributed by atoms with Crippen molar-refractivity contribution in [2.75, 3.05) is 11.2 Å². The zero-order chi connectivity index (χ0) is 17.4. The van der Waals surface area contributed by atoms with Crippen LogP contribution < -0.4 is 4.90 Å². The van der Waals surface area contributed by atoms with Gasteiger partial charge in [-0.2, -0.15) is 0 Å². The highest BCUT2D eigenvalue weighted by atomic mass is 32.2. The fraction of sp³-hybridized carbons (Fsp3) is 0.105. The average Bonchev–Trinajstić information content (AvgIpc) is 3.09. The van der Waals surface area contributed by atoms with Crippen molar-refractivity contribution in [1.82, 2.24) is 9.97 Å². The Hall–Kier alpha value is -2.44. The molecule has 25 heavy (non-hydrogen) atoms. The van der Waals surface area contributed by atoms with Crippen molar-refractivity contribution in [3.8, 4) is 0 Å². The molecule has 1 amide bonds. The van der Waals surface area contributed by atoms with E-state index < -0.39 is 0 Å². The topological polar surface area (TPSA) is 46.1 Å². The summed E-state index contributed by atoms with van der Waals surface area (Å²) in [5.74, 6) is -0.0448. The molecule has 0 radical (unpaired) electrons. The highest BCUT2D eigenvalue weighted by molar-refractivity contribution is 7.98. The Bertz CT molecular complexity index is 1090. The Labute approximate surface area is 153 Å². The molecule has 4 aromatic rings. The standard InChI is InChI=1S/C19H15N3OS2/c1-12(23)22(13-3-6-19-17(9-13)21-11-25-19)18-7-8-20-16-5-4-14(24-2)10-15(16)18/h3-11H,1-2H3. The molecule has 0 bridgehead atoms. The Morgan fingerprint density at radius 1 is 1.08 bits per heavy atom. The van der Waals surface area contributed by atoms with Gasteiger partial charge in [-0.15, -0.1) is 23.1 Å². The number of benzene rings is 2. The minimum Gasteiger partial charge on any atom is -0.280 e. The van der Waals surface area contributed by atoms with E-state index in [0.29, 0.717) is 0 Å². The van der Waals surface area contributed by atoms with E-state index in [1.807, 2.05) is 48.2 Å². The van der Waals surface area contributed by atoms with E-state index in [9.17, 15) is 4.79 Å². The van der Waals surface area contributed by atoms with Crippen LogP contribution in [0.4, 0.5) is 11.4 Å². The Morgan fingerprint density at radius 2 is 1.96 bits per heavy atom. The van der Waals surface area contributed by atoms with Gasteiger partial charge in [0, 0.05) is 23.4 Å². The molecular formula is C19H15N3OS2. The molecule has 124 valence electrons. The van der Waals surface area contributed by atoms with Gasteiger partial charge in [0.1, 0.15) is 0 Å². The lowest BCUT2D eigenvalue weighted by Crippen LogP contribution is -2.23. The molecule has 2 heterocycles. The molecule has 0 atom stereocenters. The summed E-state index contributed by atoms with van der Waals surface area (Å²) in [5, 5.41) is 0.961. The molecule has 0 fully saturated rings. The predicted octanol–water partition coefficient (Wildman–Crippen LogP) is 5.25. The summed E-state index contributed by atoms with van der Waals surface area (Å²) in [5.41, 5.74) is 5.24. The highest BCUT2D eigenvalue weighted by Gasteiger charge is 2.18. The van der Waals surface area contributed by atoms with Crippen LogP contribution in [0.5, 0.6) is 0 Å². The molecule has 0 saturated heterocycles. The van der Waals surface area contributed by atoms with Gasteiger partial charge in [-0.05, 0) is 48.7 Å². The van der Waals surface area contributed by atoms with E-state index in [2.05, 4.69) is 16.0 Å². The van der Waals surface area contributed by atoms with Crippen molar-refractivity contribution in [3.05, 3.63) is 54.2 Å². The van der Waals surface area contributed by atoms with Gasteiger partial charge in [0.05, 0.1) is 32.6 Å². The van der Waals surface area contributed by atoms with Crippen LogP contribution in [0, 0.1) is 0 Å². The largest absolute Gasteiger partial charge is 0.280 e. The molecule has 4 nitrogen and oxygen atoms in total. The third-order valence-electron chi connectivity index (χ3n) is 4.05. The molecule has 0 N–H and O–H groups in total. The number of amides is 1. The predicted molar refractivity (Wildman–Crippen MR) is 106 cm³/mol. The first-order valence-corrected chi connectivity index (χ1v) is 9.84. The first-order chi connectivity index (χ1) is 12.2. The number of anilines is 2. The number of hydrogen-bond acceptors (Lipinski definition) is 5. The van der Waals surface area contributed by atoms with Crippen LogP contribution in [-0.2, 0) is 4.79 Å². The minimum absolute atomic E-state index is 0.0448. The molecule has 0 saturated carbocycles. The second kappa shape index (κ2) is 6.46. The molecule has 6 heteroatoms. The number of rotatable bonds is 3. The zero-order valence-electron chi connectivity index (χ0n) is 13.8. The van der Waals surface area contributed by atoms with Gasteiger partial charge < -0.3 is 0 Å².